The van der Waals surface area contributed by atoms with Crippen molar-refractivity contribution in [1.82, 2.24) is 10.2 Å². The van der Waals surface area contributed by atoms with Crippen molar-refractivity contribution in [2.75, 3.05) is 5.73 Å². The monoisotopic (exact) mass is 288 g/mol. The van der Waals surface area contributed by atoms with Gasteiger partial charge in [-0.05, 0) is 24.3 Å². The predicted octanol–water partition coefficient (Wildman–Crippen LogP) is 3.37. The summed E-state index contributed by atoms with van der Waals surface area (Å²) in [5, 5.41) is 18.9. The Balaban J connectivity index is 2.20. The molecule has 20 heavy (non-hydrogen) atoms. The number of aromatic amines is 1. The van der Waals surface area contributed by atoms with E-state index in [0.29, 0.717) is 16.9 Å². The van der Waals surface area contributed by atoms with Gasteiger partial charge in [-0.15, -0.1) is 0 Å². The summed E-state index contributed by atoms with van der Waals surface area (Å²) in [4.78, 5) is 10.2. The number of anilines is 1. The van der Waals surface area contributed by atoms with Gasteiger partial charge >= 0.3 is 0 Å². The van der Waals surface area contributed by atoms with Crippen molar-refractivity contribution in [1.29, 1.82) is 0 Å². The molecule has 6 nitrogen and oxygen atoms in total. The highest BCUT2D eigenvalue weighted by atomic mass is 35.5. The third-order valence-electron chi connectivity index (χ3n) is 3.01. The summed E-state index contributed by atoms with van der Waals surface area (Å²) in [6.07, 6.45) is 0. The highest BCUT2D eigenvalue weighted by molar-refractivity contribution is 6.33. The number of rotatable bonds is 2. The SMILES string of the molecule is Nc1ccc2[nH]nc(-c3ccc([N+](=O)[O-])cc3Cl)c2c1. The first-order valence-corrected chi connectivity index (χ1v) is 6.12. The minimum Gasteiger partial charge on any atom is -0.399 e. The molecule has 0 saturated heterocycles. The van der Waals surface area contributed by atoms with Crippen LogP contribution in [0.5, 0.6) is 0 Å². The predicted molar refractivity (Wildman–Crippen MR) is 77.6 cm³/mol. The summed E-state index contributed by atoms with van der Waals surface area (Å²) in [5.74, 6) is 0. The smallest absolute Gasteiger partial charge is 0.270 e. The molecule has 0 atom stereocenters. The van der Waals surface area contributed by atoms with Gasteiger partial charge in [-0.25, -0.2) is 0 Å². The second-order valence-electron chi connectivity index (χ2n) is 4.30. The Morgan fingerprint density at radius 3 is 2.75 bits per heavy atom. The second kappa shape index (κ2) is 4.50. The summed E-state index contributed by atoms with van der Waals surface area (Å²) in [6.45, 7) is 0. The molecular formula is C13H9ClN4O2. The Morgan fingerprint density at radius 2 is 2.05 bits per heavy atom. The number of non-ortho nitro benzene ring substituents is 1. The average molecular weight is 289 g/mol. The molecule has 2 aromatic carbocycles. The van der Waals surface area contributed by atoms with Gasteiger partial charge in [0.25, 0.3) is 5.69 Å². The topological polar surface area (TPSA) is 97.8 Å². The fraction of sp³-hybridized carbons (Fsp3) is 0. The summed E-state index contributed by atoms with van der Waals surface area (Å²) in [6, 6.07) is 9.66. The van der Waals surface area contributed by atoms with Gasteiger partial charge < -0.3 is 5.73 Å². The van der Waals surface area contributed by atoms with E-state index in [1.807, 2.05) is 6.07 Å². The molecule has 7 heteroatoms. The third-order valence-corrected chi connectivity index (χ3v) is 3.32. The van der Waals surface area contributed by atoms with Crippen LogP contribution in [0.25, 0.3) is 22.2 Å². The molecule has 1 aromatic heterocycles. The molecule has 3 aromatic rings. The van der Waals surface area contributed by atoms with Crippen molar-refractivity contribution in [2.45, 2.75) is 0 Å². The first-order chi connectivity index (χ1) is 9.56. The van der Waals surface area contributed by atoms with Crippen LogP contribution in [0.3, 0.4) is 0 Å². The number of nitro benzene ring substituents is 1. The lowest BCUT2D eigenvalue weighted by atomic mass is 10.1. The molecule has 0 fully saturated rings. The molecule has 0 saturated carbocycles. The number of nitro groups is 1. The molecule has 0 spiro atoms. The first-order valence-electron chi connectivity index (χ1n) is 5.74. The van der Waals surface area contributed by atoms with Crippen LogP contribution >= 0.6 is 11.6 Å². The number of fused-ring (bicyclic) bond motifs is 1. The van der Waals surface area contributed by atoms with Gasteiger partial charge in [-0.1, -0.05) is 11.6 Å². The number of benzene rings is 2. The quantitative estimate of drug-likeness (QED) is 0.429. The Labute approximate surface area is 118 Å². The summed E-state index contributed by atoms with van der Waals surface area (Å²) < 4.78 is 0. The van der Waals surface area contributed by atoms with Crippen molar-refractivity contribution in [3.8, 4) is 11.3 Å². The van der Waals surface area contributed by atoms with Crippen LogP contribution in [0.15, 0.2) is 36.4 Å². The molecule has 1 heterocycles. The molecule has 0 aliphatic carbocycles. The van der Waals surface area contributed by atoms with Crippen LogP contribution in [0.4, 0.5) is 11.4 Å². The van der Waals surface area contributed by atoms with E-state index in [9.17, 15) is 10.1 Å². The maximum Gasteiger partial charge on any atom is 0.270 e. The van der Waals surface area contributed by atoms with Crippen molar-refractivity contribution < 1.29 is 4.92 Å². The molecule has 0 aliphatic heterocycles. The Morgan fingerprint density at radius 1 is 1.25 bits per heavy atom. The van der Waals surface area contributed by atoms with E-state index in [-0.39, 0.29) is 10.7 Å². The fourth-order valence-corrected chi connectivity index (χ4v) is 2.31. The van der Waals surface area contributed by atoms with Crippen molar-refractivity contribution >= 4 is 33.9 Å². The molecule has 0 bridgehead atoms. The molecule has 0 aliphatic rings. The third kappa shape index (κ3) is 1.96. The van der Waals surface area contributed by atoms with E-state index >= 15 is 0 Å². The van der Waals surface area contributed by atoms with Crippen molar-refractivity contribution in [2.24, 2.45) is 0 Å². The van der Waals surface area contributed by atoms with E-state index in [4.69, 9.17) is 17.3 Å². The summed E-state index contributed by atoms with van der Waals surface area (Å²) in [7, 11) is 0. The molecule has 0 radical (unpaired) electrons. The van der Waals surface area contributed by atoms with Gasteiger partial charge in [-0.2, -0.15) is 5.10 Å². The Kier molecular flexibility index (Phi) is 2.80. The molecule has 0 unspecified atom stereocenters. The number of nitrogens with one attached hydrogen (secondary N) is 1. The van der Waals surface area contributed by atoms with E-state index in [1.54, 1.807) is 18.2 Å². The molecule has 3 N–H and O–H groups in total. The Hall–Kier alpha value is -2.60. The van der Waals surface area contributed by atoms with Crippen molar-refractivity contribution in [3.63, 3.8) is 0 Å². The minimum atomic E-state index is -0.490. The number of hydrogen-bond acceptors (Lipinski definition) is 4. The zero-order valence-corrected chi connectivity index (χ0v) is 10.9. The average Bonchev–Trinajstić information content (AvgIpc) is 2.81. The van der Waals surface area contributed by atoms with Crippen LogP contribution < -0.4 is 5.73 Å². The number of nitrogen functional groups attached to an aromatic ring is 1. The van der Waals surface area contributed by atoms with Gasteiger partial charge in [0.15, 0.2) is 0 Å². The number of halogens is 1. The van der Waals surface area contributed by atoms with Gasteiger partial charge in [-0.3, -0.25) is 15.2 Å². The number of hydrogen-bond donors (Lipinski definition) is 2. The van der Waals surface area contributed by atoms with Gasteiger partial charge in [0.05, 0.1) is 15.5 Å². The maximum absolute atomic E-state index is 10.7. The molecule has 100 valence electrons. The van der Waals surface area contributed by atoms with Crippen LogP contribution in [-0.2, 0) is 0 Å². The minimum absolute atomic E-state index is 0.0573. The first kappa shape index (κ1) is 12.4. The van der Waals surface area contributed by atoms with Gasteiger partial charge in [0.2, 0.25) is 0 Å². The standard InChI is InChI=1S/C13H9ClN4O2/c14-11-6-8(18(19)20)2-3-9(11)13-10-5-7(15)1-4-12(10)16-17-13/h1-6H,15H2,(H,16,17). The molecular weight excluding hydrogens is 280 g/mol. The highest BCUT2D eigenvalue weighted by Crippen LogP contribution is 2.34. The van der Waals surface area contributed by atoms with Crippen LogP contribution in [0.1, 0.15) is 0 Å². The zero-order valence-electron chi connectivity index (χ0n) is 10.1. The second-order valence-corrected chi connectivity index (χ2v) is 4.71. The molecule has 0 amide bonds. The number of nitrogens with two attached hydrogens (primary N) is 1. The van der Waals surface area contributed by atoms with Crippen LogP contribution in [-0.4, -0.2) is 15.1 Å². The van der Waals surface area contributed by atoms with E-state index < -0.39 is 4.92 Å². The lowest BCUT2D eigenvalue weighted by Crippen LogP contribution is -1.89. The highest BCUT2D eigenvalue weighted by Gasteiger charge is 2.15. The zero-order chi connectivity index (χ0) is 14.3. The van der Waals surface area contributed by atoms with E-state index in [0.717, 1.165) is 10.9 Å². The lowest BCUT2D eigenvalue weighted by molar-refractivity contribution is -0.384. The number of aromatic nitrogens is 2. The lowest BCUT2D eigenvalue weighted by Gasteiger charge is -2.02. The van der Waals surface area contributed by atoms with E-state index in [2.05, 4.69) is 10.2 Å². The molecule has 3 rings (SSSR count). The number of nitrogens with zero attached hydrogens (tertiary/aromatic N) is 2. The largest absolute Gasteiger partial charge is 0.399 e. The van der Waals surface area contributed by atoms with Gasteiger partial charge in [0, 0.05) is 28.8 Å². The summed E-state index contributed by atoms with van der Waals surface area (Å²) >= 11 is 6.12. The van der Waals surface area contributed by atoms with Crippen LogP contribution in [0.2, 0.25) is 5.02 Å². The van der Waals surface area contributed by atoms with Crippen molar-refractivity contribution in [3.05, 3.63) is 51.5 Å². The van der Waals surface area contributed by atoms with E-state index in [1.165, 1.54) is 12.1 Å². The number of H-pyrrole nitrogens is 1. The summed E-state index contributed by atoms with van der Waals surface area (Å²) in [5.41, 5.74) is 8.38. The normalized spacial score (nSPS) is 10.8. The maximum atomic E-state index is 10.7. The fourth-order valence-electron chi connectivity index (χ4n) is 2.05. The van der Waals surface area contributed by atoms with Gasteiger partial charge in [0.1, 0.15) is 5.69 Å². The Bertz CT molecular complexity index is 828. The van der Waals surface area contributed by atoms with Crippen LogP contribution in [0, 0.1) is 10.1 Å².